The van der Waals surface area contributed by atoms with Crippen LogP contribution in [0.1, 0.15) is 107 Å². The van der Waals surface area contributed by atoms with Gasteiger partial charge in [-0.2, -0.15) is 0 Å². The van der Waals surface area contributed by atoms with E-state index in [0.29, 0.717) is 23.0 Å². The van der Waals surface area contributed by atoms with Crippen molar-refractivity contribution in [2.45, 2.75) is 93.4 Å². The van der Waals surface area contributed by atoms with Gasteiger partial charge in [0, 0.05) is 12.2 Å². The summed E-state index contributed by atoms with van der Waals surface area (Å²) in [6.45, 7) is 17.6. The first-order valence-electron chi connectivity index (χ1n) is 14.3. The number of unbranched alkanes of at least 4 members (excludes halogenated alkanes) is 1. The van der Waals surface area contributed by atoms with E-state index in [9.17, 15) is 4.79 Å². The summed E-state index contributed by atoms with van der Waals surface area (Å²) >= 11 is 0. The molecule has 1 saturated carbocycles. The standard InChI is InChI=1S/C34H49NO2/c1-8-9-20-37-32(36)29-16-14-27(15-17-29)21-31(30-13-11-10-12-25(30)2)26(3)35-23-28-18-19-34(7,22-28)24-33(4,5)6/h10-17,28,35H,8-9,18-24H2,1-7H3/b31-26-/t28?,34-/m0/s1. The van der Waals surface area contributed by atoms with Crippen LogP contribution in [0.15, 0.2) is 54.2 Å². The van der Waals surface area contributed by atoms with E-state index in [1.54, 1.807) is 0 Å². The van der Waals surface area contributed by atoms with Gasteiger partial charge in [0.2, 0.25) is 0 Å². The summed E-state index contributed by atoms with van der Waals surface area (Å²) < 4.78 is 5.38. The van der Waals surface area contributed by atoms with Gasteiger partial charge >= 0.3 is 5.97 Å². The minimum Gasteiger partial charge on any atom is -0.462 e. The molecule has 1 fully saturated rings. The molecular formula is C34H49NO2. The highest BCUT2D eigenvalue weighted by molar-refractivity contribution is 5.89. The molecule has 2 atom stereocenters. The molecule has 1 aliphatic carbocycles. The SMILES string of the molecule is CCCCOC(=O)c1ccc(C/C(=C(\C)NCC2CC[C@](C)(CC(C)(C)C)C2)c2ccccc2C)cc1. The van der Waals surface area contributed by atoms with Gasteiger partial charge in [0.05, 0.1) is 12.2 Å². The van der Waals surface area contributed by atoms with Gasteiger partial charge in [-0.05, 0) is 104 Å². The molecule has 202 valence electrons. The van der Waals surface area contributed by atoms with Crippen molar-refractivity contribution in [2.75, 3.05) is 13.2 Å². The van der Waals surface area contributed by atoms with E-state index in [-0.39, 0.29) is 5.97 Å². The molecule has 3 rings (SSSR count). The highest BCUT2D eigenvalue weighted by Gasteiger charge is 2.37. The minimum atomic E-state index is -0.234. The predicted octanol–water partition coefficient (Wildman–Crippen LogP) is 8.76. The van der Waals surface area contributed by atoms with Crippen LogP contribution in [0.5, 0.6) is 0 Å². The molecule has 0 saturated heterocycles. The lowest BCUT2D eigenvalue weighted by Gasteiger charge is -2.32. The zero-order valence-corrected chi connectivity index (χ0v) is 24.4. The van der Waals surface area contributed by atoms with Crippen molar-refractivity contribution >= 4 is 11.5 Å². The average Bonchev–Trinajstić information content (AvgIpc) is 3.20. The van der Waals surface area contributed by atoms with Crippen LogP contribution in [-0.4, -0.2) is 19.1 Å². The topological polar surface area (TPSA) is 38.3 Å². The molecule has 1 aliphatic rings. The molecule has 2 aromatic rings. The third kappa shape index (κ3) is 8.76. The summed E-state index contributed by atoms with van der Waals surface area (Å²) in [5.41, 5.74) is 7.81. The van der Waals surface area contributed by atoms with Crippen LogP contribution < -0.4 is 5.32 Å². The van der Waals surface area contributed by atoms with E-state index < -0.39 is 0 Å². The Balaban J connectivity index is 1.73. The fourth-order valence-electron chi connectivity index (χ4n) is 6.17. The molecule has 0 bridgehead atoms. The molecule has 1 unspecified atom stereocenters. The molecule has 0 amide bonds. The Labute approximate surface area is 226 Å². The molecular weight excluding hydrogens is 454 g/mol. The molecule has 0 radical (unpaired) electrons. The number of benzene rings is 2. The van der Waals surface area contributed by atoms with Gasteiger partial charge < -0.3 is 10.1 Å². The number of allylic oxidation sites excluding steroid dienone is 2. The normalized spacial score (nSPS) is 20.5. The van der Waals surface area contributed by atoms with Crippen molar-refractivity contribution in [2.24, 2.45) is 16.7 Å². The summed E-state index contributed by atoms with van der Waals surface area (Å²) in [7, 11) is 0. The maximum absolute atomic E-state index is 12.3. The van der Waals surface area contributed by atoms with Crippen LogP contribution in [0.2, 0.25) is 0 Å². The Morgan fingerprint density at radius 1 is 1.11 bits per heavy atom. The van der Waals surface area contributed by atoms with Gasteiger partial charge in [0.15, 0.2) is 0 Å². The highest BCUT2D eigenvalue weighted by atomic mass is 16.5. The quantitative estimate of drug-likeness (QED) is 0.246. The van der Waals surface area contributed by atoms with Crippen molar-refractivity contribution in [3.8, 4) is 0 Å². The molecule has 0 aromatic heterocycles. The molecule has 0 aliphatic heterocycles. The monoisotopic (exact) mass is 503 g/mol. The molecule has 3 nitrogen and oxygen atoms in total. The van der Waals surface area contributed by atoms with E-state index in [2.05, 4.69) is 90.2 Å². The van der Waals surface area contributed by atoms with Gasteiger partial charge in [-0.25, -0.2) is 4.79 Å². The zero-order chi connectivity index (χ0) is 27.1. The summed E-state index contributed by atoms with van der Waals surface area (Å²) in [5, 5.41) is 3.84. The van der Waals surface area contributed by atoms with Gasteiger partial charge in [-0.15, -0.1) is 0 Å². The lowest BCUT2D eigenvalue weighted by Crippen LogP contribution is -2.24. The lowest BCUT2D eigenvalue weighted by molar-refractivity contribution is 0.0499. The second-order valence-electron chi connectivity index (χ2n) is 12.8. The van der Waals surface area contributed by atoms with E-state index in [0.717, 1.165) is 31.7 Å². The Morgan fingerprint density at radius 3 is 2.46 bits per heavy atom. The smallest absolute Gasteiger partial charge is 0.338 e. The van der Waals surface area contributed by atoms with Crippen molar-refractivity contribution in [1.29, 1.82) is 0 Å². The fourth-order valence-corrected chi connectivity index (χ4v) is 6.17. The number of nitrogens with one attached hydrogen (secondary N) is 1. The summed E-state index contributed by atoms with van der Waals surface area (Å²) in [6, 6.07) is 16.6. The highest BCUT2D eigenvalue weighted by Crippen LogP contribution is 2.48. The van der Waals surface area contributed by atoms with Crippen molar-refractivity contribution in [1.82, 2.24) is 5.32 Å². The van der Waals surface area contributed by atoms with E-state index >= 15 is 0 Å². The molecule has 3 heteroatoms. The number of carbonyl (C=O) groups is 1. The minimum absolute atomic E-state index is 0.234. The number of ether oxygens (including phenoxy) is 1. The second kappa shape index (κ2) is 12.8. The Hall–Kier alpha value is -2.55. The third-order valence-corrected chi connectivity index (χ3v) is 7.78. The number of aryl methyl sites for hydroxylation is 1. The van der Waals surface area contributed by atoms with Gasteiger partial charge in [0.1, 0.15) is 0 Å². The van der Waals surface area contributed by atoms with E-state index in [1.165, 1.54) is 53.6 Å². The van der Waals surface area contributed by atoms with Crippen molar-refractivity contribution in [3.05, 3.63) is 76.5 Å². The van der Waals surface area contributed by atoms with Crippen LogP contribution in [-0.2, 0) is 11.2 Å². The van der Waals surface area contributed by atoms with Crippen LogP contribution in [0.25, 0.3) is 5.57 Å². The number of rotatable bonds is 11. The van der Waals surface area contributed by atoms with Gasteiger partial charge in [-0.3, -0.25) is 0 Å². The molecule has 1 N–H and O–H groups in total. The van der Waals surface area contributed by atoms with Crippen LogP contribution in [0.4, 0.5) is 0 Å². The summed E-state index contributed by atoms with van der Waals surface area (Å²) in [4.78, 5) is 12.3. The van der Waals surface area contributed by atoms with Crippen LogP contribution in [0, 0.1) is 23.7 Å². The van der Waals surface area contributed by atoms with Crippen molar-refractivity contribution in [3.63, 3.8) is 0 Å². The Kier molecular flexibility index (Phi) is 10.0. The zero-order valence-electron chi connectivity index (χ0n) is 24.4. The number of esters is 1. The van der Waals surface area contributed by atoms with Crippen LogP contribution in [0.3, 0.4) is 0 Å². The first-order chi connectivity index (χ1) is 17.5. The van der Waals surface area contributed by atoms with E-state index in [4.69, 9.17) is 4.74 Å². The second-order valence-corrected chi connectivity index (χ2v) is 12.8. The van der Waals surface area contributed by atoms with Gasteiger partial charge in [0.25, 0.3) is 0 Å². The Morgan fingerprint density at radius 2 is 1.81 bits per heavy atom. The fraction of sp³-hybridized carbons (Fsp3) is 0.559. The largest absolute Gasteiger partial charge is 0.462 e. The predicted molar refractivity (Wildman–Crippen MR) is 157 cm³/mol. The Bertz CT molecular complexity index is 1060. The average molecular weight is 504 g/mol. The summed E-state index contributed by atoms with van der Waals surface area (Å²) in [5.74, 6) is 0.487. The molecule has 0 heterocycles. The number of hydrogen-bond acceptors (Lipinski definition) is 3. The van der Waals surface area contributed by atoms with Crippen molar-refractivity contribution < 1.29 is 9.53 Å². The number of hydrogen-bond donors (Lipinski definition) is 1. The van der Waals surface area contributed by atoms with Crippen LogP contribution >= 0.6 is 0 Å². The first kappa shape index (κ1) is 29.0. The van der Waals surface area contributed by atoms with Gasteiger partial charge in [-0.1, -0.05) is 77.4 Å². The van der Waals surface area contributed by atoms with E-state index in [1.807, 2.05) is 12.1 Å². The molecule has 2 aromatic carbocycles. The molecule has 37 heavy (non-hydrogen) atoms. The molecule has 0 spiro atoms. The maximum atomic E-state index is 12.3. The third-order valence-electron chi connectivity index (χ3n) is 7.78. The lowest BCUT2D eigenvalue weighted by atomic mass is 9.73. The maximum Gasteiger partial charge on any atom is 0.338 e. The summed E-state index contributed by atoms with van der Waals surface area (Å²) in [6.07, 6.45) is 7.98. The first-order valence-corrected chi connectivity index (χ1v) is 14.3. The number of carbonyl (C=O) groups excluding carboxylic acids is 1.